The average Bonchev–Trinajstić information content (AvgIpc) is 2.44. The molecule has 21 heavy (non-hydrogen) atoms. The van der Waals surface area contributed by atoms with Gasteiger partial charge in [0.25, 0.3) is 0 Å². The monoisotopic (exact) mass is 291 g/mol. The topological polar surface area (TPSA) is 50.2 Å². The minimum absolute atomic E-state index is 0.00606. The smallest absolute Gasteiger partial charge is 0.336 e. The summed E-state index contributed by atoms with van der Waals surface area (Å²) in [5.74, 6) is -2.35. The second-order valence-electron chi connectivity index (χ2n) is 5.52. The van der Waals surface area contributed by atoms with E-state index in [1.165, 1.54) is 0 Å². The third-order valence-electron chi connectivity index (χ3n) is 4.27. The standard InChI is InChI=1S/C16H15F2NO2/c1-2-8-3-4-13-10(5-8)14(16(20)21)11-6-9(17)7-12(18)15(11)19-13/h6-8H,2-5H2,1H3,(H,20,21). The molecule has 0 radical (unpaired) electrons. The highest BCUT2D eigenvalue weighted by atomic mass is 19.1. The Morgan fingerprint density at radius 2 is 2.19 bits per heavy atom. The number of aromatic carboxylic acids is 1. The molecule has 1 aliphatic carbocycles. The van der Waals surface area contributed by atoms with E-state index in [0.29, 0.717) is 30.0 Å². The number of hydrogen-bond donors (Lipinski definition) is 1. The highest BCUT2D eigenvalue weighted by molar-refractivity contribution is 6.04. The van der Waals surface area contributed by atoms with Gasteiger partial charge in [-0.1, -0.05) is 13.3 Å². The van der Waals surface area contributed by atoms with Gasteiger partial charge < -0.3 is 5.11 Å². The van der Waals surface area contributed by atoms with Gasteiger partial charge in [0.15, 0.2) is 5.82 Å². The molecule has 5 heteroatoms. The van der Waals surface area contributed by atoms with Crippen molar-refractivity contribution in [1.29, 1.82) is 0 Å². The number of fused-ring (bicyclic) bond motifs is 2. The summed E-state index contributed by atoms with van der Waals surface area (Å²) in [5, 5.41) is 9.56. The van der Waals surface area contributed by atoms with Crippen LogP contribution in [-0.2, 0) is 12.8 Å². The van der Waals surface area contributed by atoms with Crippen LogP contribution < -0.4 is 0 Å². The normalized spacial score (nSPS) is 17.8. The molecule has 1 aromatic heterocycles. The van der Waals surface area contributed by atoms with E-state index in [2.05, 4.69) is 11.9 Å². The lowest BCUT2D eigenvalue weighted by Gasteiger charge is -2.25. The molecular formula is C16H15F2NO2. The van der Waals surface area contributed by atoms with E-state index in [4.69, 9.17) is 0 Å². The number of aromatic nitrogens is 1. The van der Waals surface area contributed by atoms with Crippen molar-refractivity contribution in [3.05, 3.63) is 40.6 Å². The largest absolute Gasteiger partial charge is 0.478 e. The van der Waals surface area contributed by atoms with Crippen molar-refractivity contribution in [2.45, 2.75) is 32.6 Å². The van der Waals surface area contributed by atoms with E-state index >= 15 is 0 Å². The van der Waals surface area contributed by atoms with Gasteiger partial charge in [0, 0.05) is 17.1 Å². The summed E-state index contributed by atoms with van der Waals surface area (Å²) in [6.07, 6.45) is 3.12. The van der Waals surface area contributed by atoms with Crippen LogP contribution in [0.3, 0.4) is 0 Å². The zero-order chi connectivity index (χ0) is 15.1. The first kappa shape index (κ1) is 13.9. The molecule has 0 saturated heterocycles. The molecular weight excluding hydrogens is 276 g/mol. The summed E-state index contributed by atoms with van der Waals surface area (Å²) < 4.78 is 27.4. The Morgan fingerprint density at radius 1 is 1.43 bits per heavy atom. The van der Waals surface area contributed by atoms with Gasteiger partial charge in [-0.2, -0.15) is 0 Å². The van der Waals surface area contributed by atoms with Crippen molar-refractivity contribution >= 4 is 16.9 Å². The third kappa shape index (κ3) is 2.26. The van der Waals surface area contributed by atoms with Crippen molar-refractivity contribution in [3.63, 3.8) is 0 Å². The molecule has 1 unspecified atom stereocenters. The molecule has 0 saturated carbocycles. The second-order valence-corrected chi connectivity index (χ2v) is 5.52. The number of aryl methyl sites for hydroxylation is 1. The van der Waals surface area contributed by atoms with Crippen LogP contribution in [0.5, 0.6) is 0 Å². The number of halogens is 2. The Morgan fingerprint density at radius 3 is 2.86 bits per heavy atom. The van der Waals surface area contributed by atoms with Crippen LogP contribution in [-0.4, -0.2) is 16.1 Å². The summed E-state index contributed by atoms with van der Waals surface area (Å²) in [5.41, 5.74) is 1.22. The Balaban J connectivity index is 2.35. The van der Waals surface area contributed by atoms with E-state index < -0.39 is 17.6 Å². The maximum absolute atomic E-state index is 13.9. The molecule has 1 heterocycles. The summed E-state index contributed by atoms with van der Waals surface area (Å²) in [6, 6.07) is 1.80. The molecule has 0 aliphatic heterocycles. The van der Waals surface area contributed by atoms with Crippen molar-refractivity contribution < 1.29 is 18.7 Å². The van der Waals surface area contributed by atoms with Crippen molar-refractivity contribution in [1.82, 2.24) is 4.98 Å². The van der Waals surface area contributed by atoms with E-state index in [0.717, 1.165) is 25.0 Å². The second kappa shape index (κ2) is 5.06. The Labute approximate surface area is 120 Å². The lowest BCUT2D eigenvalue weighted by molar-refractivity contribution is 0.0697. The molecule has 1 aliphatic rings. The number of carbonyl (C=O) groups is 1. The van der Waals surface area contributed by atoms with Gasteiger partial charge in [-0.15, -0.1) is 0 Å². The zero-order valence-corrected chi connectivity index (χ0v) is 11.6. The highest BCUT2D eigenvalue weighted by Crippen LogP contribution is 2.33. The fourth-order valence-electron chi connectivity index (χ4n) is 3.13. The maximum atomic E-state index is 13.9. The van der Waals surface area contributed by atoms with Gasteiger partial charge >= 0.3 is 5.97 Å². The lowest BCUT2D eigenvalue weighted by Crippen LogP contribution is -2.19. The minimum Gasteiger partial charge on any atom is -0.478 e. The molecule has 2 aromatic rings. The van der Waals surface area contributed by atoms with E-state index in [-0.39, 0.29) is 16.5 Å². The van der Waals surface area contributed by atoms with Crippen LogP contribution in [0.25, 0.3) is 10.9 Å². The minimum atomic E-state index is -1.15. The summed E-state index contributed by atoms with van der Waals surface area (Å²) in [4.78, 5) is 15.9. The van der Waals surface area contributed by atoms with E-state index in [9.17, 15) is 18.7 Å². The number of carboxylic acid groups (broad SMARTS) is 1. The maximum Gasteiger partial charge on any atom is 0.336 e. The number of hydrogen-bond acceptors (Lipinski definition) is 2. The summed E-state index contributed by atoms with van der Waals surface area (Å²) in [7, 11) is 0. The van der Waals surface area contributed by atoms with Gasteiger partial charge in [-0.25, -0.2) is 18.6 Å². The van der Waals surface area contributed by atoms with Gasteiger partial charge in [0.05, 0.1) is 5.56 Å². The van der Waals surface area contributed by atoms with Crippen LogP contribution >= 0.6 is 0 Å². The summed E-state index contributed by atoms with van der Waals surface area (Å²) >= 11 is 0. The lowest BCUT2D eigenvalue weighted by atomic mass is 9.82. The average molecular weight is 291 g/mol. The fraction of sp³-hybridized carbons (Fsp3) is 0.375. The van der Waals surface area contributed by atoms with Crippen LogP contribution in [0.2, 0.25) is 0 Å². The predicted molar refractivity (Wildman–Crippen MR) is 74.4 cm³/mol. The predicted octanol–water partition coefficient (Wildman–Crippen LogP) is 3.73. The van der Waals surface area contributed by atoms with Crippen LogP contribution in [0.15, 0.2) is 12.1 Å². The Hall–Kier alpha value is -2.04. The van der Waals surface area contributed by atoms with Crippen molar-refractivity contribution in [2.75, 3.05) is 0 Å². The molecule has 110 valence electrons. The molecule has 0 amide bonds. The number of rotatable bonds is 2. The van der Waals surface area contributed by atoms with Crippen molar-refractivity contribution in [3.8, 4) is 0 Å². The SMILES string of the molecule is CCC1CCc2nc3c(F)cc(F)cc3c(C(=O)O)c2C1. The van der Waals surface area contributed by atoms with Gasteiger partial charge in [-0.3, -0.25) is 0 Å². The van der Waals surface area contributed by atoms with Crippen LogP contribution in [0.4, 0.5) is 8.78 Å². The first-order valence-electron chi connectivity index (χ1n) is 7.05. The van der Waals surface area contributed by atoms with Gasteiger partial charge in [0.1, 0.15) is 11.3 Å². The molecule has 1 aromatic carbocycles. The van der Waals surface area contributed by atoms with Crippen molar-refractivity contribution in [2.24, 2.45) is 5.92 Å². The highest BCUT2D eigenvalue weighted by Gasteiger charge is 2.27. The summed E-state index contributed by atoms with van der Waals surface area (Å²) in [6.45, 7) is 2.06. The van der Waals surface area contributed by atoms with Crippen LogP contribution in [0, 0.1) is 17.6 Å². The molecule has 3 nitrogen and oxygen atoms in total. The van der Waals surface area contributed by atoms with Gasteiger partial charge in [0.2, 0.25) is 0 Å². The quantitative estimate of drug-likeness (QED) is 0.917. The fourth-order valence-corrected chi connectivity index (χ4v) is 3.13. The number of benzene rings is 1. The number of carboxylic acids is 1. The molecule has 3 rings (SSSR count). The van der Waals surface area contributed by atoms with E-state index in [1.54, 1.807) is 0 Å². The van der Waals surface area contributed by atoms with E-state index in [1.807, 2.05) is 0 Å². The number of nitrogens with zero attached hydrogens (tertiary/aromatic N) is 1. The number of pyridine rings is 1. The molecule has 0 bridgehead atoms. The first-order chi connectivity index (χ1) is 10.0. The molecule has 1 N–H and O–H groups in total. The molecule has 1 atom stereocenters. The Kier molecular flexibility index (Phi) is 3.35. The molecule has 0 fully saturated rings. The zero-order valence-electron chi connectivity index (χ0n) is 11.6. The Bertz CT molecular complexity index is 743. The first-order valence-corrected chi connectivity index (χ1v) is 7.05. The van der Waals surface area contributed by atoms with Crippen LogP contribution in [0.1, 0.15) is 41.4 Å². The molecule has 0 spiro atoms. The van der Waals surface area contributed by atoms with Gasteiger partial charge in [-0.05, 0) is 36.8 Å². The third-order valence-corrected chi connectivity index (χ3v) is 4.27.